The summed E-state index contributed by atoms with van der Waals surface area (Å²) in [5, 5.41) is 0. The molecular weight excluding hydrogens is 549 g/mol. The first-order valence-corrected chi connectivity index (χ1v) is 24.3. The third-order valence-corrected chi connectivity index (χ3v) is 9.99. The van der Waals surface area contributed by atoms with E-state index in [1.54, 1.807) is 0 Å². The Morgan fingerprint density at radius 2 is 0.974 bits per heavy atom. The van der Waals surface area contributed by atoms with Crippen molar-refractivity contribution in [3.05, 3.63) is 0 Å². The van der Waals surface area contributed by atoms with Crippen LogP contribution >= 0.6 is 0 Å². The van der Waals surface area contributed by atoms with Gasteiger partial charge in [0.15, 0.2) is 0 Å². The van der Waals surface area contributed by atoms with Gasteiger partial charge in [-0.05, 0) is 76.8 Å². The summed E-state index contributed by atoms with van der Waals surface area (Å²) in [5.74, 6) is -0.210. The van der Waals surface area contributed by atoms with Crippen molar-refractivity contribution < 1.29 is 37.7 Å². The van der Waals surface area contributed by atoms with Crippen molar-refractivity contribution >= 4 is 38.7 Å². The van der Waals surface area contributed by atoms with Crippen LogP contribution in [0.25, 0.3) is 0 Å². The second-order valence-corrected chi connectivity index (χ2v) is 21.1. The van der Waals surface area contributed by atoms with E-state index in [9.17, 15) is 9.59 Å². The molecule has 0 N–H and O–H groups in total. The zero-order chi connectivity index (χ0) is 29.8. The maximum atomic E-state index is 11.2. The molecule has 0 bridgehead atoms. The molecule has 0 saturated heterocycles. The number of hydrogen-bond acceptors (Lipinski definition) is 8. The Morgan fingerprint density at radius 3 is 1.28 bits per heavy atom. The SMILES string of the molecule is CCCOCCC(C=O)COCCC[Si](C)(C)OO[Si](C)(C)CCCOCC(C=O)CCOCCC.C[SiH2]C. The maximum absolute atomic E-state index is 11.2. The predicted molar refractivity (Wildman–Crippen MR) is 168 cm³/mol. The average Bonchev–Trinajstić information content (AvgIpc) is 2.90. The Balaban J connectivity index is 0. The lowest BCUT2D eigenvalue weighted by Gasteiger charge is -2.28. The second kappa shape index (κ2) is 27.9. The highest BCUT2D eigenvalue weighted by molar-refractivity contribution is 6.73. The number of ether oxygens (including phenoxy) is 4. The highest BCUT2D eigenvalue weighted by Gasteiger charge is 2.30. The van der Waals surface area contributed by atoms with Crippen molar-refractivity contribution in [2.75, 3.05) is 52.9 Å². The lowest BCUT2D eigenvalue weighted by atomic mass is 10.1. The Labute approximate surface area is 244 Å². The van der Waals surface area contributed by atoms with Gasteiger partial charge in [-0.25, -0.2) is 0 Å². The van der Waals surface area contributed by atoms with Crippen LogP contribution < -0.4 is 0 Å². The third-order valence-electron chi connectivity index (χ3n) is 5.64. The van der Waals surface area contributed by atoms with E-state index in [0.717, 1.165) is 63.6 Å². The van der Waals surface area contributed by atoms with E-state index in [-0.39, 0.29) is 11.8 Å². The standard InChI is InChI=1S/C26H54O8Si2.C2H8Si/c1-7-13-29-17-11-25(21-27)23-31-15-9-19-35(3,4)33-34-36(5,6)20-10-16-32-24-26(22-28)12-18-30-14-8-2;1-3-2/h21-22,25-26H,7-20,23-24H2,1-6H3;3H2,1-2H3. The molecule has 234 valence electrons. The Hall–Kier alpha value is -0.249. The molecule has 0 radical (unpaired) electrons. The summed E-state index contributed by atoms with van der Waals surface area (Å²) in [4.78, 5) is 22.4. The molecular formula is C28H62O8Si3. The lowest BCUT2D eigenvalue weighted by molar-refractivity contribution is -0.126. The number of hydrogen-bond donors (Lipinski definition) is 0. The van der Waals surface area contributed by atoms with Crippen LogP contribution in [0.3, 0.4) is 0 Å². The molecule has 0 aliphatic carbocycles. The average molecular weight is 611 g/mol. The molecule has 0 rings (SSSR count). The molecule has 8 nitrogen and oxygen atoms in total. The Bertz CT molecular complexity index is 507. The number of carbonyl (C=O) groups excluding carboxylic acids is 2. The van der Waals surface area contributed by atoms with Gasteiger partial charge in [0.2, 0.25) is 16.6 Å². The smallest absolute Gasteiger partial charge is 0.231 e. The Morgan fingerprint density at radius 1 is 0.615 bits per heavy atom. The van der Waals surface area contributed by atoms with Crippen LogP contribution in [0.1, 0.15) is 52.4 Å². The lowest BCUT2D eigenvalue weighted by Crippen LogP contribution is -2.39. The summed E-state index contributed by atoms with van der Waals surface area (Å²) in [6, 6.07) is 1.86. The minimum atomic E-state index is -1.96. The van der Waals surface area contributed by atoms with Crippen LogP contribution in [0.2, 0.25) is 51.4 Å². The highest BCUT2D eigenvalue weighted by Crippen LogP contribution is 2.21. The van der Waals surface area contributed by atoms with E-state index >= 15 is 0 Å². The summed E-state index contributed by atoms with van der Waals surface area (Å²) in [5.41, 5.74) is 0. The topological polar surface area (TPSA) is 89.5 Å². The Kier molecular flexibility index (Phi) is 29.2. The van der Waals surface area contributed by atoms with E-state index in [0.29, 0.717) is 62.0 Å². The van der Waals surface area contributed by atoms with Gasteiger partial charge in [0.1, 0.15) is 12.6 Å². The molecule has 39 heavy (non-hydrogen) atoms. The molecule has 0 spiro atoms. The van der Waals surface area contributed by atoms with Crippen molar-refractivity contribution in [1.29, 1.82) is 0 Å². The van der Waals surface area contributed by atoms with Gasteiger partial charge >= 0.3 is 0 Å². The minimum absolute atomic E-state index is 0.105. The molecule has 0 aliphatic rings. The summed E-state index contributed by atoms with van der Waals surface area (Å²) in [6.07, 6.45) is 7.09. The molecule has 2 unspecified atom stereocenters. The molecule has 0 aliphatic heterocycles. The van der Waals surface area contributed by atoms with Gasteiger partial charge in [-0.3, -0.25) is 9.15 Å². The molecule has 0 fully saturated rings. The maximum Gasteiger partial charge on any atom is 0.231 e. The van der Waals surface area contributed by atoms with Gasteiger partial charge in [-0.1, -0.05) is 26.9 Å². The summed E-state index contributed by atoms with van der Waals surface area (Å²) in [6.45, 7) is 22.1. The van der Waals surface area contributed by atoms with Crippen molar-refractivity contribution in [3.8, 4) is 0 Å². The highest BCUT2D eigenvalue weighted by atomic mass is 28.4. The summed E-state index contributed by atoms with van der Waals surface area (Å²) in [7, 11) is -3.51. The first-order chi connectivity index (χ1) is 18.6. The largest absolute Gasteiger partial charge is 0.381 e. The fourth-order valence-corrected chi connectivity index (χ4v) is 7.28. The number of aldehydes is 2. The first kappa shape index (κ1) is 40.9. The number of rotatable bonds is 27. The van der Waals surface area contributed by atoms with Gasteiger partial charge in [0.05, 0.1) is 13.2 Å². The summed E-state index contributed by atoms with van der Waals surface area (Å²) < 4.78 is 34.3. The van der Waals surface area contributed by atoms with Crippen LogP contribution in [0.4, 0.5) is 0 Å². The monoisotopic (exact) mass is 610 g/mol. The van der Waals surface area contributed by atoms with E-state index in [4.69, 9.17) is 28.1 Å². The zero-order valence-electron chi connectivity index (χ0n) is 26.6. The molecule has 0 aromatic heterocycles. The van der Waals surface area contributed by atoms with E-state index in [2.05, 4.69) is 53.1 Å². The third kappa shape index (κ3) is 29.1. The van der Waals surface area contributed by atoms with Crippen molar-refractivity contribution in [3.63, 3.8) is 0 Å². The molecule has 2 atom stereocenters. The van der Waals surface area contributed by atoms with Crippen molar-refractivity contribution in [1.82, 2.24) is 0 Å². The van der Waals surface area contributed by atoms with Gasteiger partial charge in [-0.15, -0.1) is 0 Å². The van der Waals surface area contributed by atoms with E-state index in [1.807, 2.05) is 0 Å². The van der Waals surface area contributed by atoms with Crippen LogP contribution in [-0.4, -0.2) is 91.6 Å². The predicted octanol–water partition coefficient (Wildman–Crippen LogP) is 5.67. The normalized spacial score (nSPS) is 13.4. The fourth-order valence-electron chi connectivity index (χ4n) is 3.32. The van der Waals surface area contributed by atoms with Crippen LogP contribution in [0, 0.1) is 11.8 Å². The van der Waals surface area contributed by atoms with Gasteiger partial charge in [0, 0.05) is 61.0 Å². The van der Waals surface area contributed by atoms with Crippen LogP contribution in [-0.2, 0) is 37.7 Å². The van der Waals surface area contributed by atoms with Crippen LogP contribution in [0.15, 0.2) is 0 Å². The van der Waals surface area contributed by atoms with Gasteiger partial charge in [0.25, 0.3) is 0 Å². The molecule has 0 aromatic carbocycles. The molecule has 11 heteroatoms. The van der Waals surface area contributed by atoms with Crippen molar-refractivity contribution in [2.24, 2.45) is 11.8 Å². The fraction of sp³-hybridized carbons (Fsp3) is 0.929. The second-order valence-electron chi connectivity index (χ2n) is 11.3. The van der Waals surface area contributed by atoms with Gasteiger partial charge in [-0.2, -0.15) is 0 Å². The first-order valence-electron chi connectivity index (χ1n) is 15.2. The molecule has 0 saturated carbocycles. The van der Waals surface area contributed by atoms with E-state index in [1.165, 1.54) is 0 Å². The molecule has 0 aromatic rings. The zero-order valence-corrected chi connectivity index (χ0v) is 30.0. The van der Waals surface area contributed by atoms with E-state index < -0.39 is 16.6 Å². The number of carbonyl (C=O) groups is 2. The van der Waals surface area contributed by atoms with Crippen LogP contribution in [0.5, 0.6) is 0 Å². The minimum Gasteiger partial charge on any atom is -0.381 e. The summed E-state index contributed by atoms with van der Waals surface area (Å²) >= 11 is 0. The van der Waals surface area contributed by atoms with Crippen molar-refractivity contribution in [2.45, 2.75) is 104 Å². The quantitative estimate of drug-likeness (QED) is 0.0386. The molecule has 0 amide bonds. The molecule has 0 heterocycles. The van der Waals surface area contributed by atoms with Gasteiger partial charge < -0.3 is 28.5 Å².